The highest BCUT2D eigenvalue weighted by Crippen LogP contribution is 2.31. The summed E-state index contributed by atoms with van der Waals surface area (Å²) >= 11 is 0. The zero-order chi connectivity index (χ0) is 15.9. The SMILES string of the molecule is NC(=O)[C@@H]1C[C@@H](F)CN1S(=O)(=O)c1cccc2ccccc12. The second kappa shape index (κ2) is 5.33. The Kier molecular flexibility index (Phi) is 3.62. The second-order valence-corrected chi connectivity index (χ2v) is 7.16. The maximum absolute atomic E-state index is 13.6. The molecule has 1 fully saturated rings. The molecule has 2 aromatic carbocycles. The summed E-state index contributed by atoms with van der Waals surface area (Å²) in [4.78, 5) is 11.5. The van der Waals surface area contributed by atoms with Crippen LogP contribution in [0.5, 0.6) is 0 Å². The molecule has 1 saturated heterocycles. The van der Waals surface area contributed by atoms with E-state index in [4.69, 9.17) is 5.73 Å². The van der Waals surface area contributed by atoms with E-state index in [2.05, 4.69) is 0 Å². The molecular formula is C15H15FN2O3S. The number of fused-ring (bicyclic) bond motifs is 1. The molecule has 2 N–H and O–H groups in total. The highest BCUT2D eigenvalue weighted by atomic mass is 32.2. The molecule has 2 atom stereocenters. The predicted octanol–water partition coefficient (Wildman–Crippen LogP) is 1.43. The van der Waals surface area contributed by atoms with Crippen molar-refractivity contribution >= 4 is 26.7 Å². The van der Waals surface area contributed by atoms with E-state index in [0.29, 0.717) is 5.39 Å². The number of nitrogens with zero attached hydrogens (tertiary/aromatic N) is 1. The Bertz CT molecular complexity index is 832. The molecule has 0 unspecified atom stereocenters. The Hall–Kier alpha value is -1.99. The van der Waals surface area contributed by atoms with Gasteiger partial charge in [0, 0.05) is 18.4 Å². The van der Waals surface area contributed by atoms with Crippen LogP contribution in [-0.4, -0.2) is 37.4 Å². The van der Waals surface area contributed by atoms with Crippen molar-refractivity contribution in [2.45, 2.75) is 23.5 Å². The van der Waals surface area contributed by atoms with E-state index >= 15 is 0 Å². The van der Waals surface area contributed by atoms with E-state index in [0.717, 1.165) is 9.69 Å². The topological polar surface area (TPSA) is 80.5 Å². The monoisotopic (exact) mass is 322 g/mol. The van der Waals surface area contributed by atoms with Gasteiger partial charge in [-0.25, -0.2) is 12.8 Å². The number of benzene rings is 2. The third-order valence-corrected chi connectivity index (χ3v) is 5.80. The summed E-state index contributed by atoms with van der Waals surface area (Å²) in [5.74, 6) is -0.830. The standard InChI is InChI=1S/C15H15FN2O3S/c16-11-8-13(15(17)19)18(9-11)22(20,21)14-7-3-5-10-4-1-2-6-12(10)14/h1-7,11,13H,8-9H2,(H2,17,19)/t11-,13+/m1/s1. The molecule has 0 radical (unpaired) electrons. The third kappa shape index (κ3) is 2.36. The Labute approximate surface area is 127 Å². The smallest absolute Gasteiger partial charge is 0.244 e. The van der Waals surface area contributed by atoms with Crippen LogP contribution in [0.4, 0.5) is 4.39 Å². The predicted molar refractivity (Wildman–Crippen MR) is 80.3 cm³/mol. The molecule has 0 spiro atoms. The minimum absolute atomic E-state index is 0.0611. The largest absolute Gasteiger partial charge is 0.368 e. The first-order chi connectivity index (χ1) is 10.4. The van der Waals surface area contributed by atoms with E-state index in [-0.39, 0.29) is 17.9 Å². The second-order valence-electron chi connectivity index (χ2n) is 5.30. The van der Waals surface area contributed by atoms with Crippen molar-refractivity contribution in [3.05, 3.63) is 42.5 Å². The van der Waals surface area contributed by atoms with E-state index in [1.807, 2.05) is 0 Å². The number of hydrogen-bond donors (Lipinski definition) is 1. The van der Waals surface area contributed by atoms with Gasteiger partial charge in [0.15, 0.2) is 0 Å². The van der Waals surface area contributed by atoms with E-state index < -0.39 is 28.1 Å². The zero-order valence-electron chi connectivity index (χ0n) is 11.6. The van der Waals surface area contributed by atoms with E-state index in [1.54, 1.807) is 36.4 Å². The maximum atomic E-state index is 13.6. The van der Waals surface area contributed by atoms with Gasteiger partial charge >= 0.3 is 0 Å². The van der Waals surface area contributed by atoms with Crippen molar-refractivity contribution in [1.29, 1.82) is 0 Å². The first kappa shape index (κ1) is 14.9. The van der Waals surface area contributed by atoms with Crippen LogP contribution in [-0.2, 0) is 14.8 Å². The normalized spacial score (nSPS) is 23.0. The Morgan fingerprint density at radius 3 is 2.59 bits per heavy atom. The van der Waals surface area contributed by atoms with Crippen molar-refractivity contribution in [2.24, 2.45) is 5.73 Å². The van der Waals surface area contributed by atoms with Crippen LogP contribution in [0.25, 0.3) is 10.8 Å². The van der Waals surface area contributed by atoms with E-state index in [1.165, 1.54) is 6.07 Å². The molecule has 1 amide bonds. The van der Waals surface area contributed by atoms with Crippen molar-refractivity contribution < 1.29 is 17.6 Å². The van der Waals surface area contributed by atoms with Crippen molar-refractivity contribution in [2.75, 3.05) is 6.54 Å². The molecule has 7 heteroatoms. The summed E-state index contributed by atoms with van der Waals surface area (Å²) in [6.07, 6.45) is -1.58. The van der Waals surface area contributed by atoms with Crippen LogP contribution in [0.15, 0.2) is 47.4 Å². The molecule has 1 aliphatic heterocycles. The van der Waals surface area contributed by atoms with Gasteiger partial charge in [-0.1, -0.05) is 36.4 Å². The van der Waals surface area contributed by atoms with Crippen LogP contribution in [0.1, 0.15) is 6.42 Å². The summed E-state index contributed by atoms with van der Waals surface area (Å²) in [5.41, 5.74) is 5.23. The Morgan fingerprint density at radius 1 is 1.18 bits per heavy atom. The van der Waals surface area contributed by atoms with Crippen LogP contribution >= 0.6 is 0 Å². The maximum Gasteiger partial charge on any atom is 0.244 e. The molecule has 0 aliphatic carbocycles. The number of alkyl halides is 1. The fourth-order valence-electron chi connectivity index (χ4n) is 2.83. The van der Waals surface area contributed by atoms with Crippen LogP contribution in [0.3, 0.4) is 0 Å². The van der Waals surface area contributed by atoms with Gasteiger partial charge in [-0.15, -0.1) is 0 Å². The molecule has 1 aliphatic rings. The lowest BCUT2D eigenvalue weighted by molar-refractivity contribution is -0.121. The molecule has 2 aromatic rings. The number of hydrogen-bond acceptors (Lipinski definition) is 3. The molecule has 22 heavy (non-hydrogen) atoms. The minimum Gasteiger partial charge on any atom is -0.368 e. The highest BCUT2D eigenvalue weighted by Gasteiger charge is 2.43. The molecule has 0 saturated carbocycles. The summed E-state index contributed by atoms with van der Waals surface area (Å²) < 4.78 is 40.2. The molecule has 116 valence electrons. The highest BCUT2D eigenvalue weighted by molar-refractivity contribution is 7.89. The first-order valence-electron chi connectivity index (χ1n) is 6.84. The molecular weight excluding hydrogens is 307 g/mol. The first-order valence-corrected chi connectivity index (χ1v) is 8.28. The lowest BCUT2D eigenvalue weighted by Crippen LogP contribution is -2.43. The molecule has 3 rings (SSSR count). The van der Waals surface area contributed by atoms with Crippen LogP contribution in [0, 0.1) is 0 Å². The average Bonchev–Trinajstić information content (AvgIpc) is 2.90. The number of halogens is 1. The van der Waals surface area contributed by atoms with Gasteiger partial charge < -0.3 is 5.73 Å². The molecule has 1 heterocycles. The number of amides is 1. The minimum atomic E-state index is -4.00. The number of carbonyl (C=O) groups is 1. The quantitative estimate of drug-likeness (QED) is 0.928. The Morgan fingerprint density at radius 2 is 1.86 bits per heavy atom. The lowest BCUT2D eigenvalue weighted by atomic mass is 10.1. The average molecular weight is 322 g/mol. The summed E-state index contributed by atoms with van der Waals surface area (Å²) in [7, 11) is -4.00. The van der Waals surface area contributed by atoms with Gasteiger partial charge in [-0.3, -0.25) is 4.79 Å². The summed E-state index contributed by atoms with van der Waals surface area (Å²) in [5, 5.41) is 1.30. The van der Waals surface area contributed by atoms with Gasteiger partial charge in [0.05, 0.1) is 4.90 Å². The van der Waals surface area contributed by atoms with Crippen molar-refractivity contribution in [3.8, 4) is 0 Å². The van der Waals surface area contributed by atoms with Gasteiger partial charge in [0.25, 0.3) is 0 Å². The van der Waals surface area contributed by atoms with Gasteiger partial charge in [0.1, 0.15) is 12.2 Å². The molecule has 5 nitrogen and oxygen atoms in total. The number of primary amides is 1. The third-order valence-electron chi connectivity index (χ3n) is 3.87. The van der Waals surface area contributed by atoms with E-state index in [9.17, 15) is 17.6 Å². The van der Waals surface area contributed by atoms with Crippen LogP contribution < -0.4 is 5.73 Å². The van der Waals surface area contributed by atoms with Gasteiger partial charge in [-0.05, 0) is 11.5 Å². The van der Waals surface area contributed by atoms with Crippen molar-refractivity contribution in [3.63, 3.8) is 0 Å². The lowest BCUT2D eigenvalue weighted by Gasteiger charge is -2.22. The fourth-order valence-corrected chi connectivity index (χ4v) is 4.68. The number of carbonyl (C=O) groups excluding carboxylic acids is 1. The summed E-state index contributed by atoms with van der Waals surface area (Å²) in [6.45, 7) is -0.348. The van der Waals surface area contributed by atoms with Crippen LogP contribution in [0.2, 0.25) is 0 Å². The zero-order valence-corrected chi connectivity index (χ0v) is 12.5. The Balaban J connectivity index is 2.14. The van der Waals surface area contributed by atoms with Crippen molar-refractivity contribution in [1.82, 2.24) is 4.31 Å². The number of nitrogens with two attached hydrogens (primary N) is 1. The van der Waals surface area contributed by atoms with Gasteiger partial charge in [0.2, 0.25) is 15.9 Å². The molecule has 0 bridgehead atoms. The number of rotatable bonds is 3. The fraction of sp³-hybridized carbons (Fsp3) is 0.267. The number of sulfonamides is 1. The summed E-state index contributed by atoms with van der Waals surface area (Å²) in [6, 6.07) is 10.7. The molecule has 0 aromatic heterocycles. The van der Waals surface area contributed by atoms with Gasteiger partial charge in [-0.2, -0.15) is 4.31 Å².